The van der Waals surface area contributed by atoms with Crippen LogP contribution >= 0.6 is 11.6 Å². The number of benzene rings is 2. The maximum atomic E-state index is 6.02. The highest BCUT2D eigenvalue weighted by atomic mass is 35.5. The van der Waals surface area contributed by atoms with Gasteiger partial charge < -0.3 is 0 Å². The molecule has 2 heterocycles. The number of halogens is 1. The van der Waals surface area contributed by atoms with Gasteiger partial charge in [-0.15, -0.1) is 0 Å². The minimum atomic E-state index is 0.622. The van der Waals surface area contributed by atoms with Gasteiger partial charge in [-0.05, 0) is 41.8 Å². The summed E-state index contributed by atoms with van der Waals surface area (Å²) >= 11 is 6.02. The molecular weight excluding hydrogens is 332 g/mol. The summed E-state index contributed by atoms with van der Waals surface area (Å²) in [5.41, 5.74) is 4.75. The van der Waals surface area contributed by atoms with Crippen LogP contribution in [0.5, 0.6) is 0 Å². The number of rotatable bonds is 3. The van der Waals surface area contributed by atoms with Crippen molar-refractivity contribution in [3.8, 4) is 11.1 Å². The Hall–Kier alpha value is -2.98. The Bertz CT molecular complexity index is 1050. The van der Waals surface area contributed by atoms with Crippen molar-refractivity contribution >= 4 is 34.7 Å². The van der Waals surface area contributed by atoms with Crippen LogP contribution in [0.2, 0.25) is 5.02 Å². The van der Waals surface area contributed by atoms with Crippen molar-refractivity contribution in [3.05, 3.63) is 76.9 Å². The highest BCUT2D eigenvalue weighted by molar-refractivity contribution is 6.30. The Balaban J connectivity index is 1.86. The van der Waals surface area contributed by atoms with Crippen LogP contribution in [0.3, 0.4) is 0 Å². The fourth-order valence-electron chi connectivity index (χ4n) is 2.77. The second-order valence-corrected chi connectivity index (χ2v) is 6.19. The lowest BCUT2D eigenvalue weighted by Gasteiger charge is -2.05. The minimum Gasteiger partial charge on any atom is -0.259 e. The van der Waals surface area contributed by atoms with Crippen LogP contribution in [0.1, 0.15) is 11.3 Å². The number of aromatic amines is 1. The molecule has 0 bridgehead atoms. The molecule has 0 saturated carbocycles. The van der Waals surface area contributed by atoms with E-state index in [2.05, 4.69) is 20.2 Å². The summed E-state index contributed by atoms with van der Waals surface area (Å²) in [4.78, 5) is 9.10. The topological polar surface area (TPSA) is 53.9 Å². The van der Waals surface area contributed by atoms with Crippen molar-refractivity contribution in [2.24, 2.45) is 4.99 Å². The van der Waals surface area contributed by atoms with E-state index in [-0.39, 0.29) is 0 Å². The molecule has 0 atom stereocenters. The van der Waals surface area contributed by atoms with Gasteiger partial charge in [-0.25, -0.2) is 9.98 Å². The number of hydrogen-bond acceptors (Lipinski definition) is 3. The van der Waals surface area contributed by atoms with Crippen LogP contribution in [0.4, 0.5) is 5.82 Å². The molecule has 0 aliphatic carbocycles. The summed E-state index contributed by atoms with van der Waals surface area (Å²) in [5, 5.41) is 8.94. The Morgan fingerprint density at radius 1 is 1.04 bits per heavy atom. The van der Waals surface area contributed by atoms with E-state index < -0.39 is 0 Å². The number of pyridine rings is 1. The number of aromatic nitrogens is 3. The molecule has 5 heteroatoms. The molecule has 0 saturated heterocycles. The average molecular weight is 347 g/mol. The van der Waals surface area contributed by atoms with Crippen LogP contribution in [0.25, 0.3) is 22.2 Å². The second-order valence-electron chi connectivity index (χ2n) is 5.76. The first kappa shape index (κ1) is 15.5. The quantitative estimate of drug-likeness (QED) is 0.509. The first-order valence-corrected chi connectivity index (χ1v) is 8.29. The SMILES string of the molecule is Cc1cc(-c2ccc(Cl)cc2)c2c(N=Cc3ccccc3)n[nH]c2n1. The third-order valence-corrected chi connectivity index (χ3v) is 4.18. The number of H-pyrrole nitrogens is 1. The Morgan fingerprint density at radius 2 is 1.80 bits per heavy atom. The van der Waals surface area contributed by atoms with E-state index in [0.717, 1.165) is 33.4 Å². The van der Waals surface area contributed by atoms with E-state index in [1.165, 1.54) is 0 Å². The molecule has 0 amide bonds. The summed E-state index contributed by atoms with van der Waals surface area (Å²) in [5.74, 6) is 0.622. The lowest BCUT2D eigenvalue weighted by atomic mass is 10.0. The number of nitrogens with one attached hydrogen (secondary N) is 1. The maximum absolute atomic E-state index is 6.02. The molecule has 0 fully saturated rings. The highest BCUT2D eigenvalue weighted by Crippen LogP contribution is 2.34. The summed E-state index contributed by atoms with van der Waals surface area (Å²) in [6.07, 6.45) is 1.81. The van der Waals surface area contributed by atoms with Crippen LogP contribution in [-0.2, 0) is 0 Å². The van der Waals surface area contributed by atoms with E-state index in [0.29, 0.717) is 10.8 Å². The van der Waals surface area contributed by atoms with Crippen molar-refractivity contribution in [2.75, 3.05) is 0 Å². The molecule has 0 aliphatic heterocycles. The summed E-state index contributed by atoms with van der Waals surface area (Å²) in [6.45, 7) is 1.96. The smallest absolute Gasteiger partial charge is 0.183 e. The largest absolute Gasteiger partial charge is 0.259 e. The van der Waals surface area contributed by atoms with Crippen molar-refractivity contribution in [2.45, 2.75) is 6.92 Å². The predicted molar refractivity (Wildman–Crippen MR) is 103 cm³/mol. The predicted octanol–water partition coefficient (Wildman–Crippen LogP) is 5.34. The zero-order chi connectivity index (χ0) is 17.2. The second kappa shape index (κ2) is 6.49. The molecule has 4 rings (SSSR count). The highest BCUT2D eigenvalue weighted by Gasteiger charge is 2.13. The minimum absolute atomic E-state index is 0.622. The number of fused-ring (bicyclic) bond motifs is 1. The van der Waals surface area contributed by atoms with Crippen LogP contribution in [0, 0.1) is 6.92 Å². The first-order valence-electron chi connectivity index (χ1n) is 7.91. The fraction of sp³-hybridized carbons (Fsp3) is 0.0500. The van der Waals surface area contributed by atoms with Crippen LogP contribution < -0.4 is 0 Å². The van der Waals surface area contributed by atoms with Gasteiger partial charge in [0.25, 0.3) is 0 Å². The lowest BCUT2D eigenvalue weighted by Crippen LogP contribution is -1.87. The van der Waals surface area contributed by atoms with Gasteiger partial charge in [0.05, 0.1) is 5.39 Å². The number of hydrogen-bond donors (Lipinski definition) is 1. The molecule has 4 aromatic rings. The molecular formula is C20H15ClN4. The van der Waals surface area contributed by atoms with Gasteiger partial charge in [0.15, 0.2) is 11.5 Å². The van der Waals surface area contributed by atoms with E-state index in [9.17, 15) is 0 Å². The first-order chi connectivity index (χ1) is 12.2. The summed E-state index contributed by atoms with van der Waals surface area (Å²) < 4.78 is 0. The third kappa shape index (κ3) is 3.16. The van der Waals surface area contributed by atoms with Gasteiger partial charge in [-0.1, -0.05) is 54.1 Å². The molecule has 0 aliphatic rings. The molecule has 25 heavy (non-hydrogen) atoms. The normalized spacial score (nSPS) is 11.4. The van der Waals surface area contributed by atoms with Gasteiger partial charge in [0.2, 0.25) is 0 Å². The summed E-state index contributed by atoms with van der Waals surface area (Å²) in [7, 11) is 0. The molecule has 4 nitrogen and oxygen atoms in total. The Kier molecular flexibility index (Phi) is 4.04. The monoisotopic (exact) mass is 346 g/mol. The molecule has 0 radical (unpaired) electrons. The van der Waals surface area contributed by atoms with Crippen LogP contribution in [-0.4, -0.2) is 21.4 Å². The molecule has 0 unspecified atom stereocenters. The van der Waals surface area contributed by atoms with Gasteiger partial charge >= 0.3 is 0 Å². The number of nitrogens with zero attached hydrogens (tertiary/aromatic N) is 3. The standard InChI is InChI=1S/C20H15ClN4/c1-13-11-17(15-7-9-16(21)10-8-15)18-19(24-25-20(18)23-13)22-12-14-5-3-2-4-6-14/h2-12H,1H3,(H,23,24,25). The van der Waals surface area contributed by atoms with Crippen molar-refractivity contribution in [3.63, 3.8) is 0 Å². The van der Waals surface area contributed by atoms with E-state index in [1.54, 1.807) is 6.21 Å². The van der Waals surface area contributed by atoms with E-state index >= 15 is 0 Å². The van der Waals surface area contributed by atoms with Crippen molar-refractivity contribution in [1.29, 1.82) is 0 Å². The van der Waals surface area contributed by atoms with Gasteiger partial charge in [0.1, 0.15) is 0 Å². The molecule has 2 aromatic carbocycles. The van der Waals surface area contributed by atoms with Crippen LogP contribution in [0.15, 0.2) is 65.7 Å². The van der Waals surface area contributed by atoms with Gasteiger partial charge in [-0.3, -0.25) is 5.10 Å². The van der Waals surface area contributed by atoms with E-state index in [1.807, 2.05) is 67.6 Å². The molecule has 2 aromatic heterocycles. The van der Waals surface area contributed by atoms with Crippen molar-refractivity contribution in [1.82, 2.24) is 15.2 Å². The number of aryl methyl sites for hydroxylation is 1. The molecule has 0 spiro atoms. The molecule has 1 N–H and O–H groups in total. The third-order valence-electron chi connectivity index (χ3n) is 3.93. The zero-order valence-electron chi connectivity index (χ0n) is 13.6. The lowest BCUT2D eigenvalue weighted by molar-refractivity contribution is 1.08. The Labute approximate surface area is 150 Å². The zero-order valence-corrected chi connectivity index (χ0v) is 14.3. The van der Waals surface area contributed by atoms with Crippen molar-refractivity contribution < 1.29 is 0 Å². The summed E-state index contributed by atoms with van der Waals surface area (Å²) in [6, 6.07) is 19.7. The fourth-order valence-corrected chi connectivity index (χ4v) is 2.89. The average Bonchev–Trinajstić information content (AvgIpc) is 3.03. The van der Waals surface area contributed by atoms with E-state index in [4.69, 9.17) is 11.6 Å². The maximum Gasteiger partial charge on any atom is 0.183 e. The Morgan fingerprint density at radius 3 is 2.56 bits per heavy atom. The molecule has 122 valence electrons. The van der Waals surface area contributed by atoms with Gasteiger partial charge in [0, 0.05) is 16.9 Å². The number of aliphatic imine (C=N–C) groups is 1. The van der Waals surface area contributed by atoms with Gasteiger partial charge in [-0.2, -0.15) is 5.10 Å².